The van der Waals surface area contributed by atoms with Crippen molar-refractivity contribution >= 4 is 17.7 Å². The van der Waals surface area contributed by atoms with E-state index in [1.165, 1.54) is 11.1 Å². The normalized spacial score (nSPS) is 13.2. The third-order valence-corrected chi connectivity index (χ3v) is 3.75. The van der Waals surface area contributed by atoms with E-state index < -0.39 is 0 Å². The van der Waals surface area contributed by atoms with Gasteiger partial charge in [0.1, 0.15) is 0 Å². The molecule has 0 aliphatic rings. The molecule has 0 aliphatic heterocycles. The molecule has 0 bridgehead atoms. The summed E-state index contributed by atoms with van der Waals surface area (Å²) in [5.74, 6) is 0.0886. The van der Waals surface area contributed by atoms with E-state index in [0.717, 1.165) is 4.90 Å². The number of carbonyl (C=O) groups excluding carboxylic acids is 1. The summed E-state index contributed by atoms with van der Waals surface area (Å²) in [4.78, 5) is 13.1. The molecule has 1 N–H and O–H groups in total. The Morgan fingerprint density at radius 1 is 1.22 bits per heavy atom. The molecule has 0 saturated heterocycles. The van der Waals surface area contributed by atoms with Gasteiger partial charge in [-0.2, -0.15) is 0 Å². The summed E-state index contributed by atoms with van der Waals surface area (Å²) in [7, 11) is 0. The molecule has 0 saturated carbocycles. The number of hydrogen-bond donors (Lipinski definition) is 1. The maximum atomic E-state index is 12.0. The lowest BCUT2D eigenvalue weighted by Gasteiger charge is -2.23. The van der Waals surface area contributed by atoms with Gasteiger partial charge in [0, 0.05) is 10.4 Å². The molecule has 3 heteroatoms. The molecular formula is C15H23NOS. The van der Waals surface area contributed by atoms with Crippen molar-refractivity contribution in [2.45, 2.75) is 57.2 Å². The summed E-state index contributed by atoms with van der Waals surface area (Å²) in [6.45, 7) is 12.1. The van der Waals surface area contributed by atoms with Gasteiger partial charge in [0.2, 0.25) is 5.91 Å². The monoisotopic (exact) mass is 265 g/mol. The Kier molecular flexibility index (Phi) is 4.85. The summed E-state index contributed by atoms with van der Waals surface area (Å²) in [6.07, 6.45) is 0. The van der Waals surface area contributed by atoms with Crippen LogP contribution in [0.3, 0.4) is 0 Å². The molecule has 0 heterocycles. The van der Waals surface area contributed by atoms with Crippen LogP contribution in [0.2, 0.25) is 0 Å². The van der Waals surface area contributed by atoms with E-state index in [9.17, 15) is 4.79 Å². The van der Waals surface area contributed by atoms with Crippen molar-refractivity contribution in [3.8, 4) is 0 Å². The molecule has 1 unspecified atom stereocenters. The second-order valence-electron chi connectivity index (χ2n) is 5.75. The summed E-state index contributed by atoms with van der Waals surface area (Å²) < 4.78 is 0. The summed E-state index contributed by atoms with van der Waals surface area (Å²) in [5.41, 5.74) is 2.38. The Hall–Kier alpha value is -0.960. The van der Waals surface area contributed by atoms with E-state index >= 15 is 0 Å². The van der Waals surface area contributed by atoms with Crippen LogP contribution in [0.15, 0.2) is 23.1 Å². The van der Waals surface area contributed by atoms with Gasteiger partial charge in [-0.3, -0.25) is 4.79 Å². The van der Waals surface area contributed by atoms with E-state index in [1.807, 2.05) is 27.7 Å². The Labute approximate surface area is 115 Å². The van der Waals surface area contributed by atoms with E-state index in [1.54, 1.807) is 11.8 Å². The van der Waals surface area contributed by atoms with Crippen molar-refractivity contribution in [3.05, 3.63) is 29.3 Å². The van der Waals surface area contributed by atoms with E-state index in [4.69, 9.17) is 0 Å². The SMILES string of the molecule is Cc1ccc(SC(C)C(=O)NC(C)(C)C)cc1C. The van der Waals surface area contributed by atoms with Crippen molar-refractivity contribution in [1.29, 1.82) is 0 Å². The van der Waals surface area contributed by atoms with Gasteiger partial charge < -0.3 is 5.32 Å². The molecule has 0 fully saturated rings. The number of thioether (sulfide) groups is 1. The predicted molar refractivity (Wildman–Crippen MR) is 79.1 cm³/mol. The number of nitrogens with one attached hydrogen (secondary N) is 1. The van der Waals surface area contributed by atoms with Gasteiger partial charge in [0.15, 0.2) is 0 Å². The van der Waals surface area contributed by atoms with Crippen LogP contribution < -0.4 is 5.32 Å². The van der Waals surface area contributed by atoms with Crippen LogP contribution in [0.5, 0.6) is 0 Å². The number of carbonyl (C=O) groups is 1. The third kappa shape index (κ3) is 4.73. The first-order valence-corrected chi connectivity index (χ1v) is 7.13. The molecule has 1 atom stereocenters. The molecule has 0 aromatic heterocycles. The molecule has 1 aromatic rings. The van der Waals surface area contributed by atoms with Crippen molar-refractivity contribution in [2.24, 2.45) is 0 Å². The molecule has 1 amide bonds. The van der Waals surface area contributed by atoms with Crippen molar-refractivity contribution < 1.29 is 4.79 Å². The number of hydrogen-bond acceptors (Lipinski definition) is 2. The molecule has 100 valence electrons. The van der Waals surface area contributed by atoms with Crippen molar-refractivity contribution in [2.75, 3.05) is 0 Å². The third-order valence-electron chi connectivity index (χ3n) is 2.66. The summed E-state index contributed by atoms with van der Waals surface area (Å²) in [6, 6.07) is 6.32. The van der Waals surface area contributed by atoms with Gasteiger partial charge >= 0.3 is 0 Å². The van der Waals surface area contributed by atoms with E-state index in [-0.39, 0.29) is 16.7 Å². The smallest absolute Gasteiger partial charge is 0.233 e. The molecule has 1 rings (SSSR count). The largest absolute Gasteiger partial charge is 0.351 e. The van der Waals surface area contributed by atoms with Crippen LogP contribution in [-0.4, -0.2) is 16.7 Å². The van der Waals surface area contributed by atoms with Gasteiger partial charge in [0.25, 0.3) is 0 Å². The first-order chi connectivity index (χ1) is 8.19. The van der Waals surface area contributed by atoms with Crippen LogP contribution in [0.4, 0.5) is 0 Å². The van der Waals surface area contributed by atoms with Crippen LogP contribution in [0.25, 0.3) is 0 Å². The molecule has 0 radical (unpaired) electrons. The van der Waals surface area contributed by atoms with Gasteiger partial charge in [-0.15, -0.1) is 11.8 Å². The zero-order valence-corrected chi connectivity index (χ0v) is 12.9. The average molecular weight is 265 g/mol. The fraction of sp³-hybridized carbons (Fsp3) is 0.533. The topological polar surface area (TPSA) is 29.1 Å². The predicted octanol–water partition coefficient (Wildman–Crippen LogP) is 3.70. The molecule has 0 aliphatic carbocycles. The molecule has 2 nitrogen and oxygen atoms in total. The highest BCUT2D eigenvalue weighted by Crippen LogP contribution is 2.25. The van der Waals surface area contributed by atoms with Gasteiger partial charge in [-0.1, -0.05) is 6.07 Å². The lowest BCUT2D eigenvalue weighted by molar-refractivity contribution is -0.121. The molecule has 18 heavy (non-hydrogen) atoms. The fourth-order valence-corrected chi connectivity index (χ4v) is 2.48. The van der Waals surface area contributed by atoms with Gasteiger partial charge in [0.05, 0.1) is 5.25 Å². The minimum Gasteiger partial charge on any atom is -0.351 e. The maximum absolute atomic E-state index is 12.0. The fourth-order valence-electron chi connectivity index (χ4n) is 1.52. The summed E-state index contributed by atoms with van der Waals surface area (Å²) in [5, 5.41) is 2.93. The highest BCUT2D eigenvalue weighted by Gasteiger charge is 2.20. The number of rotatable bonds is 3. The first kappa shape index (κ1) is 15.1. The van der Waals surface area contributed by atoms with Crippen LogP contribution in [0, 0.1) is 13.8 Å². The van der Waals surface area contributed by atoms with Gasteiger partial charge in [-0.25, -0.2) is 0 Å². The highest BCUT2D eigenvalue weighted by molar-refractivity contribution is 8.00. The lowest BCUT2D eigenvalue weighted by Crippen LogP contribution is -2.44. The number of amides is 1. The molecule has 1 aromatic carbocycles. The summed E-state index contributed by atoms with van der Waals surface area (Å²) >= 11 is 1.60. The second kappa shape index (κ2) is 5.79. The zero-order chi connectivity index (χ0) is 13.9. The second-order valence-corrected chi connectivity index (χ2v) is 7.16. The number of aryl methyl sites for hydroxylation is 2. The quantitative estimate of drug-likeness (QED) is 0.844. The van der Waals surface area contributed by atoms with Crippen LogP contribution >= 0.6 is 11.8 Å². The standard InChI is InChI=1S/C15H23NOS/c1-10-7-8-13(9-11(10)2)18-12(3)14(17)16-15(4,5)6/h7-9,12H,1-6H3,(H,16,17). The van der Waals surface area contributed by atoms with Crippen molar-refractivity contribution in [3.63, 3.8) is 0 Å². The zero-order valence-electron chi connectivity index (χ0n) is 12.1. The first-order valence-electron chi connectivity index (χ1n) is 6.25. The molecular weight excluding hydrogens is 242 g/mol. The lowest BCUT2D eigenvalue weighted by atomic mass is 10.1. The van der Waals surface area contributed by atoms with Crippen LogP contribution in [-0.2, 0) is 4.79 Å². The van der Waals surface area contributed by atoms with E-state index in [2.05, 4.69) is 37.4 Å². The van der Waals surface area contributed by atoms with Crippen molar-refractivity contribution in [1.82, 2.24) is 5.32 Å². The Bertz CT molecular complexity index is 435. The molecule has 0 spiro atoms. The average Bonchev–Trinajstić information content (AvgIpc) is 2.21. The minimum atomic E-state index is -0.172. The van der Waals surface area contributed by atoms with E-state index in [0.29, 0.717) is 0 Å². The maximum Gasteiger partial charge on any atom is 0.233 e. The Morgan fingerprint density at radius 3 is 2.33 bits per heavy atom. The Morgan fingerprint density at radius 2 is 1.83 bits per heavy atom. The van der Waals surface area contributed by atoms with Gasteiger partial charge in [-0.05, 0) is 64.8 Å². The minimum absolute atomic E-state index is 0.0775. The highest BCUT2D eigenvalue weighted by atomic mass is 32.2. The Balaban J connectivity index is 2.66. The van der Waals surface area contributed by atoms with Crippen LogP contribution in [0.1, 0.15) is 38.8 Å². The number of benzene rings is 1.